The molecule has 0 atom stereocenters. The third kappa shape index (κ3) is 3.59. The molecule has 0 bridgehead atoms. The van der Waals surface area contributed by atoms with Crippen LogP contribution in [0.5, 0.6) is 0 Å². The van der Waals surface area contributed by atoms with Crippen molar-refractivity contribution in [3.63, 3.8) is 0 Å². The van der Waals surface area contributed by atoms with Gasteiger partial charge in [-0.2, -0.15) is 5.10 Å². The zero-order chi connectivity index (χ0) is 18.2. The lowest BCUT2D eigenvalue weighted by molar-refractivity contribution is 0.00578. The number of nitrogens with zero attached hydrogens (tertiary/aromatic N) is 2. The average molecular weight is 362 g/mol. The van der Waals surface area contributed by atoms with E-state index in [1.54, 1.807) is 11.3 Å². The van der Waals surface area contributed by atoms with E-state index in [9.17, 15) is 4.39 Å². The molecule has 3 rings (SSSR count). The highest BCUT2D eigenvalue weighted by Gasteiger charge is 2.52. The van der Waals surface area contributed by atoms with Crippen LogP contribution < -0.4 is 0 Å². The molecule has 0 saturated carbocycles. The lowest BCUT2D eigenvalue weighted by atomic mass is 9.87. The number of halogens is 1. The molecule has 4 nitrogen and oxygen atoms in total. The van der Waals surface area contributed by atoms with Gasteiger partial charge in [-0.1, -0.05) is 12.1 Å². The number of aryl methyl sites for hydroxylation is 1. The largest absolute Gasteiger partial charge is 0.524 e. The minimum atomic E-state index is -0.948. The van der Waals surface area contributed by atoms with Gasteiger partial charge in [-0.3, -0.25) is 4.68 Å². The fourth-order valence-corrected chi connectivity index (χ4v) is 3.40. The van der Waals surface area contributed by atoms with Crippen LogP contribution in [0.15, 0.2) is 35.5 Å². The summed E-state index contributed by atoms with van der Waals surface area (Å²) in [7, 11) is -0.948. The Balaban J connectivity index is 1.79. The first-order valence-electron chi connectivity index (χ1n) is 8.55. The van der Waals surface area contributed by atoms with E-state index in [1.165, 1.54) is 6.08 Å². The Bertz CT molecular complexity index is 752. The zero-order valence-corrected chi connectivity index (χ0v) is 16.2. The highest BCUT2D eigenvalue weighted by molar-refractivity contribution is 7.13. The fourth-order valence-electron chi connectivity index (χ4n) is 2.65. The molecular formula is C18H24BFN2O2S. The number of hydrogen-bond acceptors (Lipinski definition) is 4. The summed E-state index contributed by atoms with van der Waals surface area (Å²) in [5.74, 6) is 0. The maximum atomic E-state index is 14.6. The molecule has 1 aliphatic rings. The predicted molar refractivity (Wildman–Crippen MR) is 100 cm³/mol. The quantitative estimate of drug-likeness (QED) is 0.726. The summed E-state index contributed by atoms with van der Waals surface area (Å²) in [5.41, 5.74) is 0.432. The van der Waals surface area contributed by atoms with Gasteiger partial charge in [0.15, 0.2) is 0 Å². The van der Waals surface area contributed by atoms with Crippen molar-refractivity contribution in [2.75, 3.05) is 0 Å². The van der Waals surface area contributed by atoms with E-state index < -0.39 is 18.3 Å². The van der Waals surface area contributed by atoms with Crippen LogP contribution in [-0.4, -0.2) is 28.1 Å². The molecule has 1 saturated heterocycles. The number of thiophene rings is 1. The molecular weight excluding hydrogens is 338 g/mol. The summed E-state index contributed by atoms with van der Waals surface area (Å²) in [6.07, 6.45) is 3.96. The Morgan fingerprint density at radius 3 is 2.56 bits per heavy atom. The van der Waals surface area contributed by atoms with Crippen LogP contribution in [0.3, 0.4) is 0 Å². The third-order valence-corrected chi connectivity index (χ3v) is 5.79. The standard InChI is InChI=1S/C18H24BFN2O2S/c1-6-22-12-13(16(21-22)14-8-7-11-25-14)9-10-15(20)19-23-17(2,3)18(4,5)24-19/h7-8,10-12H,6,9H2,1-5H3. The second-order valence-electron chi connectivity index (χ2n) is 7.22. The fraction of sp³-hybridized carbons (Fsp3) is 0.500. The van der Waals surface area contributed by atoms with Crippen molar-refractivity contribution in [1.82, 2.24) is 9.78 Å². The minimum Gasteiger partial charge on any atom is -0.398 e. The Morgan fingerprint density at radius 2 is 2.00 bits per heavy atom. The highest BCUT2D eigenvalue weighted by Crippen LogP contribution is 2.39. The van der Waals surface area contributed by atoms with E-state index in [1.807, 2.05) is 63.0 Å². The maximum Gasteiger partial charge on any atom is 0.524 e. The van der Waals surface area contributed by atoms with Crippen molar-refractivity contribution in [2.24, 2.45) is 0 Å². The minimum absolute atomic E-state index is 0.389. The van der Waals surface area contributed by atoms with Crippen molar-refractivity contribution in [1.29, 1.82) is 0 Å². The topological polar surface area (TPSA) is 36.3 Å². The van der Waals surface area contributed by atoms with Crippen LogP contribution >= 0.6 is 11.3 Å². The van der Waals surface area contributed by atoms with Crippen LogP contribution in [0.2, 0.25) is 0 Å². The first-order chi connectivity index (χ1) is 11.7. The molecule has 1 fully saturated rings. The van der Waals surface area contributed by atoms with Crippen LogP contribution in [0.25, 0.3) is 10.6 Å². The van der Waals surface area contributed by atoms with Gasteiger partial charge in [-0.05, 0) is 52.5 Å². The summed E-state index contributed by atoms with van der Waals surface area (Å²) in [6.45, 7) is 10.5. The summed E-state index contributed by atoms with van der Waals surface area (Å²) < 4.78 is 28.0. The lowest BCUT2D eigenvalue weighted by Gasteiger charge is -2.32. The molecule has 25 heavy (non-hydrogen) atoms. The Morgan fingerprint density at radius 1 is 1.32 bits per heavy atom. The van der Waals surface area contributed by atoms with E-state index in [0.29, 0.717) is 6.42 Å². The van der Waals surface area contributed by atoms with Gasteiger partial charge in [0.1, 0.15) is 11.4 Å². The van der Waals surface area contributed by atoms with E-state index >= 15 is 0 Å². The molecule has 0 amide bonds. The Kier molecular flexibility index (Phi) is 4.92. The average Bonchev–Trinajstić information content (AvgIpc) is 3.23. The number of aromatic nitrogens is 2. The van der Waals surface area contributed by atoms with Gasteiger partial charge < -0.3 is 9.31 Å². The lowest BCUT2D eigenvalue weighted by Crippen LogP contribution is -2.41. The van der Waals surface area contributed by atoms with Crippen molar-refractivity contribution in [3.8, 4) is 10.6 Å². The molecule has 1 aliphatic heterocycles. The van der Waals surface area contributed by atoms with Gasteiger partial charge in [0, 0.05) is 18.3 Å². The molecule has 0 radical (unpaired) electrons. The second kappa shape index (κ2) is 6.70. The first-order valence-corrected chi connectivity index (χ1v) is 9.43. The summed E-state index contributed by atoms with van der Waals surface area (Å²) in [5, 5.41) is 6.62. The molecule has 134 valence electrons. The van der Waals surface area contributed by atoms with E-state index in [2.05, 4.69) is 5.10 Å². The summed E-state index contributed by atoms with van der Waals surface area (Å²) in [4.78, 5) is 1.09. The first kappa shape index (κ1) is 18.4. The second-order valence-corrected chi connectivity index (χ2v) is 8.17. The highest BCUT2D eigenvalue weighted by atomic mass is 32.1. The molecule has 0 spiro atoms. The smallest absolute Gasteiger partial charge is 0.398 e. The van der Waals surface area contributed by atoms with Gasteiger partial charge in [-0.25, -0.2) is 4.39 Å². The zero-order valence-electron chi connectivity index (χ0n) is 15.4. The van der Waals surface area contributed by atoms with E-state index in [0.717, 1.165) is 22.7 Å². The molecule has 7 heteroatoms. The molecule has 0 aromatic carbocycles. The monoisotopic (exact) mass is 362 g/mol. The Labute approximate surface area is 152 Å². The van der Waals surface area contributed by atoms with Gasteiger partial charge >= 0.3 is 7.12 Å². The van der Waals surface area contributed by atoms with Crippen LogP contribution in [0.1, 0.15) is 40.2 Å². The molecule has 0 aliphatic carbocycles. The number of rotatable bonds is 5. The third-order valence-electron chi connectivity index (χ3n) is 4.91. The van der Waals surface area contributed by atoms with Crippen molar-refractivity contribution < 1.29 is 13.7 Å². The number of allylic oxidation sites excluding steroid dienone is 1. The van der Waals surface area contributed by atoms with Gasteiger partial charge in [0.25, 0.3) is 0 Å². The summed E-state index contributed by atoms with van der Waals surface area (Å²) in [6, 6.07) is 4.03. The van der Waals surface area contributed by atoms with Crippen molar-refractivity contribution in [3.05, 3.63) is 41.1 Å². The Hall–Kier alpha value is -1.44. The molecule has 2 aromatic heterocycles. The normalized spacial score (nSPS) is 19.6. The maximum absolute atomic E-state index is 14.6. The van der Waals surface area contributed by atoms with E-state index in [-0.39, 0.29) is 5.73 Å². The van der Waals surface area contributed by atoms with Gasteiger partial charge in [0.2, 0.25) is 0 Å². The predicted octanol–water partition coefficient (Wildman–Crippen LogP) is 4.66. The molecule has 0 N–H and O–H groups in total. The van der Waals surface area contributed by atoms with E-state index in [4.69, 9.17) is 9.31 Å². The van der Waals surface area contributed by atoms with Crippen molar-refractivity contribution in [2.45, 2.75) is 58.8 Å². The number of hydrogen-bond donors (Lipinski definition) is 0. The molecule has 3 heterocycles. The van der Waals surface area contributed by atoms with Gasteiger partial charge in [0.05, 0.1) is 16.1 Å². The van der Waals surface area contributed by atoms with Crippen LogP contribution in [-0.2, 0) is 22.3 Å². The molecule has 2 aromatic rings. The van der Waals surface area contributed by atoms with Gasteiger partial charge in [-0.15, -0.1) is 11.3 Å². The summed E-state index contributed by atoms with van der Waals surface area (Å²) >= 11 is 1.63. The van der Waals surface area contributed by atoms with Crippen LogP contribution in [0, 0.1) is 0 Å². The SMILES string of the molecule is CCn1cc(CC=C(F)B2OC(C)(C)C(C)(C)O2)c(-c2cccs2)n1. The van der Waals surface area contributed by atoms with Crippen molar-refractivity contribution >= 4 is 18.5 Å². The molecule has 0 unspecified atom stereocenters. The van der Waals surface area contributed by atoms with Crippen LogP contribution in [0.4, 0.5) is 4.39 Å².